The van der Waals surface area contributed by atoms with E-state index < -0.39 is 0 Å². The van der Waals surface area contributed by atoms with Gasteiger partial charge in [-0.3, -0.25) is 14.7 Å². The van der Waals surface area contributed by atoms with Crippen molar-refractivity contribution in [3.8, 4) is 11.3 Å². The number of rotatable bonds is 6. The molecule has 1 fully saturated rings. The molecule has 0 aliphatic carbocycles. The van der Waals surface area contributed by atoms with E-state index >= 15 is 0 Å². The number of carbonyl (C=O) groups excluding carboxylic acids is 1. The van der Waals surface area contributed by atoms with Gasteiger partial charge in [-0.2, -0.15) is 0 Å². The van der Waals surface area contributed by atoms with Crippen molar-refractivity contribution in [2.75, 3.05) is 23.7 Å². The average Bonchev–Trinajstić information content (AvgIpc) is 2.95. The Labute approximate surface area is 230 Å². The summed E-state index contributed by atoms with van der Waals surface area (Å²) in [5, 5.41) is 6.33. The zero-order valence-corrected chi connectivity index (χ0v) is 23.1. The lowest BCUT2D eigenvalue weighted by Gasteiger charge is -2.41. The molecule has 2 aromatic carbocycles. The summed E-state index contributed by atoms with van der Waals surface area (Å²) < 4.78 is 0. The van der Waals surface area contributed by atoms with Crippen molar-refractivity contribution in [1.82, 2.24) is 19.9 Å². The van der Waals surface area contributed by atoms with Gasteiger partial charge in [-0.25, -0.2) is 9.97 Å². The Morgan fingerprint density at radius 1 is 1.03 bits per heavy atom. The highest BCUT2D eigenvalue weighted by Gasteiger charge is 2.28. The summed E-state index contributed by atoms with van der Waals surface area (Å²) in [4.78, 5) is 28.8. The number of hydrogen-bond acceptors (Lipinski definition) is 6. The third-order valence-electron chi connectivity index (χ3n) is 7.37. The minimum absolute atomic E-state index is 0.133. The van der Waals surface area contributed by atoms with Crippen molar-refractivity contribution >= 4 is 23.2 Å². The smallest absolute Gasteiger partial charge is 0.255 e. The van der Waals surface area contributed by atoms with Gasteiger partial charge in [0, 0.05) is 53.2 Å². The highest BCUT2D eigenvalue weighted by Crippen LogP contribution is 2.31. The summed E-state index contributed by atoms with van der Waals surface area (Å²) in [5.74, 6) is 0.845. The van der Waals surface area contributed by atoms with Crippen LogP contribution in [0.15, 0.2) is 79.3 Å². The minimum atomic E-state index is -0.133. The number of aromatic nitrogens is 3. The minimum Gasteiger partial charge on any atom is -0.324 e. The van der Waals surface area contributed by atoms with Gasteiger partial charge in [0.15, 0.2) is 0 Å². The Morgan fingerprint density at radius 3 is 2.59 bits per heavy atom. The molecule has 0 bridgehead atoms. The predicted octanol–water partition coefficient (Wildman–Crippen LogP) is 6.82. The molecular weight excluding hydrogens is 484 g/mol. The predicted molar refractivity (Wildman–Crippen MR) is 157 cm³/mol. The van der Waals surface area contributed by atoms with E-state index in [4.69, 9.17) is 0 Å². The Balaban J connectivity index is 1.26. The van der Waals surface area contributed by atoms with E-state index in [-0.39, 0.29) is 11.4 Å². The highest BCUT2D eigenvalue weighted by molar-refractivity contribution is 6.04. The van der Waals surface area contributed by atoms with Crippen LogP contribution in [0.1, 0.15) is 61.0 Å². The zero-order valence-electron chi connectivity index (χ0n) is 23.1. The molecule has 1 saturated heterocycles. The number of nitrogens with zero attached hydrogens (tertiary/aromatic N) is 4. The molecule has 0 spiro atoms. The number of piperidine rings is 1. The summed E-state index contributed by atoms with van der Waals surface area (Å²) in [5.41, 5.74) is 6.37. The lowest BCUT2D eigenvalue weighted by molar-refractivity contribution is 0.0986. The molecule has 4 aromatic rings. The van der Waals surface area contributed by atoms with Crippen molar-refractivity contribution in [3.05, 3.63) is 95.9 Å². The van der Waals surface area contributed by atoms with Crippen LogP contribution in [0.4, 0.5) is 17.3 Å². The Morgan fingerprint density at radius 2 is 1.85 bits per heavy atom. The van der Waals surface area contributed by atoms with Crippen LogP contribution in [0.5, 0.6) is 0 Å². The van der Waals surface area contributed by atoms with Gasteiger partial charge in [0.1, 0.15) is 0 Å². The van der Waals surface area contributed by atoms with E-state index in [0.29, 0.717) is 23.1 Å². The molecule has 1 aliphatic rings. The van der Waals surface area contributed by atoms with Crippen molar-refractivity contribution in [2.24, 2.45) is 0 Å². The van der Waals surface area contributed by atoms with E-state index in [1.54, 1.807) is 18.6 Å². The Hall–Kier alpha value is -4.10. The van der Waals surface area contributed by atoms with Crippen LogP contribution < -0.4 is 10.6 Å². The molecule has 1 atom stereocenters. The van der Waals surface area contributed by atoms with E-state index in [1.807, 2.05) is 55.5 Å². The zero-order chi connectivity index (χ0) is 27.4. The summed E-state index contributed by atoms with van der Waals surface area (Å²) >= 11 is 0. The molecule has 7 heteroatoms. The van der Waals surface area contributed by atoms with Gasteiger partial charge in [-0.1, -0.05) is 18.2 Å². The standard InChI is InChI=1S/C32H36N6O/c1-22-9-14-27(19-29(22)37-31-34-17-15-28(36-31)25-7-5-16-33-20-25)35-30(39)24-12-10-23(11-13-24)26-8-6-18-38(21-26)32(2,3)4/h5,7,9-17,19-20,26H,6,8,18,21H2,1-4H3,(H,35,39)(H,34,36,37). The average molecular weight is 521 g/mol. The monoisotopic (exact) mass is 520 g/mol. The second kappa shape index (κ2) is 11.3. The van der Waals surface area contributed by atoms with Crippen molar-refractivity contribution < 1.29 is 4.79 Å². The second-order valence-electron chi connectivity index (χ2n) is 11.2. The fourth-order valence-electron chi connectivity index (χ4n) is 5.02. The van der Waals surface area contributed by atoms with Gasteiger partial charge in [0.05, 0.1) is 5.69 Å². The third-order valence-corrected chi connectivity index (χ3v) is 7.37. The quantitative estimate of drug-likeness (QED) is 0.290. The maximum atomic E-state index is 13.1. The van der Waals surface area contributed by atoms with E-state index in [2.05, 4.69) is 63.4 Å². The first kappa shape index (κ1) is 26.5. The maximum Gasteiger partial charge on any atom is 0.255 e. The van der Waals surface area contributed by atoms with Gasteiger partial charge in [0.25, 0.3) is 5.91 Å². The largest absolute Gasteiger partial charge is 0.324 e. The molecule has 2 aromatic heterocycles. The van der Waals surface area contributed by atoms with Gasteiger partial charge >= 0.3 is 0 Å². The van der Waals surface area contributed by atoms with Crippen LogP contribution in [0.2, 0.25) is 0 Å². The number of aryl methyl sites for hydroxylation is 1. The van der Waals surface area contributed by atoms with Crippen LogP contribution >= 0.6 is 0 Å². The number of hydrogen-bond donors (Lipinski definition) is 2. The highest BCUT2D eigenvalue weighted by atomic mass is 16.1. The fourth-order valence-corrected chi connectivity index (χ4v) is 5.02. The lowest BCUT2D eigenvalue weighted by Crippen LogP contribution is -2.46. The number of pyridine rings is 1. The molecule has 0 radical (unpaired) electrons. The summed E-state index contributed by atoms with van der Waals surface area (Å²) in [7, 11) is 0. The molecule has 5 rings (SSSR count). The van der Waals surface area contributed by atoms with Crippen LogP contribution in [0, 0.1) is 6.92 Å². The number of nitrogens with one attached hydrogen (secondary N) is 2. The van der Waals surface area contributed by atoms with Gasteiger partial charge in [-0.05, 0) is 107 Å². The maximum absolute atomic E-state index is 13.1. The first-order valence-corrected chi connectivity index (χ1v) is 13.5. The van der Waals surface area contributed by atoms with Gasteiger partial charge < -0.3 is 10.6 Å². The topological polar surface area (TPSA) is 83.0 Å². The van der Waals surface area contributed by atoms with Gasteiger partial charge in [-0.15, -0.1) is 0 Å². The van der Waals surface area contributed by atoms with E-state index in [0.717, 1.165) is 35.6 Å². The molecule has 1 amide bonds. The number of amides is 1. The molecular formula is C32H36N6O. The third kappa shape index (κ3) is 6.49. The summed E-state index contributed by atoms with van der Waals surface area (Å²) in [6.45, 7) is 11.0. The molecule has 2 N–H and O–H groups in total. The molecule has 0 saturated carbocycles. The molecule has 200 valence electrons. The molecule has 1 aliphatic heterocycles. The number of benzene rings is 2. The van der Waals surface area contributed by atoms with Crippen LogP contribution in [-0.2, 0) is 0 Å². The molecule has 3 heterocycles. The molecule has 7 nitrogen and oxygen atoms in total. The SMILES string of the molecule is Cc1ccc(NC(=O)c2ccc(C3CCCN(C(C)(C)C)C3)cc2)cc1Nc1nccc(-c2cccnc2)n1. The van der Waals surface area contributed by atoms with Gasteiger partial charge in [0.2, 0.25) is 5.95 Å². The van der Waals surface area contributed by atoms with Crippen molar-refractivity contribution in [3.63, 3.8) is 0 Å². The van der Waals surface area contributed by atoms with Crippen LogP contribution in [0.25, 0.3) is 11.3 Å². The second-order valence-corrected chi connectivity index (χ2v) is 11.2. The number of carbonyl (C=O) groups is 1. The summed E-state index contributed by atoms with van der Waals surface area (Å²) in [6, 6.07) is 19.6. The first-order valence-electron chi connectivity index (χ1n) is 13.5. The first-order chi connectivity index (χ1) is 18.8. The number of likely N-dealkylation sites (tertiary alicyclic amines) is 1. The van der Waals surface area contributed by atoms with Crippen LogP contribution in [-0.4, -0.2) is 44.4 Å². The Kier molecular flexibility index (Phi) is 7.70. The van der Waals surface area contributed by atoms with Crippen LogP contribution in [0.3, 0.4) is 0 Å². The van der Waals surface area contributed by atoms with E-state index in [1.165, 1.54) is 18.4 Å². The van der Waals surface area contributed by atoms with E-state index in [9.17, 15) is 4.79 Å². The van der Waals surface area contributed by atoms with Crippen molar-refractivity contribution in [1.29, 1.82) is 0 Å². The summed E-state index contributed by atoms with van der Waals surface area (Å²) in [6.07, 6.45) is 7.61. The Bertz CT molecular complexity index is 1430. The molecule has 39 heavy (non-hydrogen) atoms. The fraction of sp³-hybridized carbons (Fsp3) is 0.312. The molecule has 1 unspecified atom stereocenters. The number of anilines is 3. The lowest BCUT2D eigenvalue weighted by atomic mass is 9.88. The van der Waals surface area contributed by atoms with Crippen molar-refractivity contribution in [2.45, 2.75) is 52.0 Å². The normalized spacial score (nSPS) is 16.1.